The van der Waals surface area contributed by atoms with Gasteiger partial charge in [-0.05, 0) is 37.3 Å². The lowest BCUT2D eigenvalue weighted by atomic mass is 9.99. The molecule has 6 nitrogen and oxygen atoms in total. The fourth-order valence-electron chi connectivity index (χ4n) is 3.22. The van der Waals surface area contributed by atoms with Crippen molar-refractivity contribution in [2.45, 2.75) is 44.7 Å². The van der Waals surface area contributed by atoms with Crippen LogP contribution in [0, 0.1) is 0 Å². The number of nitrogens with one attached hydrogen (secondary N) is 2. The third-order valence-electron chi connectivity index (χ3n) is 4.41. The lowest BCUT2D eigenvalue weighted by Gasteiger charge is -2.21. The number of aromatic nitrogens is 3. The van der Waals surface area contributed by atoms with Crippen LogP contribution < -0.4 is 10.6 Å². The summed E-state index contributed by atoms with van der Waals surface area (Å²) in [7, 11) is 1.87. The zero-order chi connectivity index (χ0) is 16.2. The number of hydrogen-bond acceptors (Lipinski definition) is 3. The van der Waals surface area contributed by atoms with Crippen molar-refractivity contribution in [3.05, 3.63) is 47.5 Å². The van der Waals surface area contributed by atoms with Crippen LogP contribution in [-0.2, 0) is 13.5 Å². The van der Waals surface area contributed by atoms with Gasteiger partial charge in [-0.1, -0.05) is 30.7 Å². The highest BCUT2D eigenvalue weighted by molar-refractivity contribution is 5.75. The van der Waals surface area contributed by atoms with Gasteiger partial charge in [0, 0.05) is 7.05 Å². The van der Waals surface area contributed by atoms with Crippen LogP contribution in [0.25, 0.3) is 0 Å². The number of amides is 2. The Morgan fingerprint density at radius 2 is 2.17 bits per heavy atom. The molecule has 0 fully saturated rings. The average molecular weight is 313 g/mol. The summed E-state index contributed by atoms with van der Waals surface area (Å²) in [6.07, 6.45) is 5.99. The lowest BCUT2D eigenvalue weighted by Crippen LogP contribution is -2.39. The van der Waals surface area contributed by atoms with Gasteiger partial charge in [-0.25, -0.2) is 4.79 Å². The minimum atomic E-state index is -0.191. The molecule has 0 spiro atoms. The smallest absolute Gasteiger partial charge is 0.315 e. The van der Waals surface area contributed by atoms with Crippen molar-refractivity contribution in [3.63, 3.8) is 0 Å². The standard InChI is InChI=1S/C17H23N5O/c1-12(16-21-18-11-22(16)2)19-17(23)20-15-10-6-4-8-13-7-3-5-9-14(13)15/h3,5,7,9,11-12,15H,4,6,8,10H2,1-2H3,(H2,19,20,23)/t12-,15-/m1/s1. The second-order valence-electron chi connectivity index (χ2n) is 6.14. The summed E-state index contributed by atoms with van der Waals surface area (Å²) in [4.78, 5) is 12.4. The lowest BCUT2D eigenvalue weighted by molar-refractivity contribution is 0.232. The highest BCUT2D eigenvalue weighted by Gasteiger charge is 2.21. The summed E-state index contributed by atoms with van der Waals surface area (Å²) in [5.74, 6) is 0.737. The zero-order valence-electron chi connectivity index (χ0n) is 13.6. The van der Waals surface area contributed by atoms with Gasteiger partial charge in [0.1, 0.15) is 6.33 Å². The van der Waals surface area contributed by atoms with Crippen molar-refractivity contribution in [1.82, 2.24) is 25.4 Å². The van der Waals surface area contributed by atoms with Gasteiger partial charge < -0.3 is 15.2 Å². The van der Waals surface area contributed by atoms with E-state index in [1.54, 1.807) is 6.33 Å². The summed E-state index contributed by atoms with van der Waals surface area (Å²) < 4.78 is 1.81. The number of hydrogen-bond donors (Lipinski definition) is 2. The molecule has 122 valence electrons. The monoisotopic (exact) mass is 313 g/mol. The largest absolute Gasteiger partial charge is 0.331 e. The SMILES string of the molecule is C[C@@H](NC(=O)N[C@@H]1CCCCc2ccccc21)c1nncn1C. The molecule has 0 saturated carbocycles. The average Bonchev–Trinajstić information content (AvgIpc) is 2.86. The Bertz CT molecular complexity index is 681. The number of fused-ring (bicyclic) bond motifs is 1. The molecule has 0 aliphatic heterocycles. The molecule has 6 heteroatoms. The summed E-state index contributed by atoms with van der Waals surface area (Å²) in [6.45, 7) is 1.91. The minimum absolute atomic E-state index is 0.0698. The van der Waals surface area contributed by atoms with Crippen LogP contribution in [0.1, 0.15) is 55.2 Å². The maximum absolute atomic E-state index is 12.4. The number of carbonyl (C=O) groups excluding carboxylic acids is 1. The van der Waals surface area contributed by atoms with Crippen LogP contribution in [0.2, 0.25) is 0 Å². The van der Waals surface area contributed by atoms with Gasteiger partial charge in [-0.3, -0.25) is 0 Å². The van der Waals surface area contributed by atoms with Crippen LogP contribution in [-0.4, -0.2) is 20.8 Å². The number of carbonyl (C=O) groups is 1. The van der Waals surface area contributed by atoms with Gasteiger partial charge >= 0.3 is 6.03 Å². The van der Waals surface area contributed by atoms with E-state index in [0.717, 1.165) is 25.1 Å². The highest BCUT2D eigenvalue weighted by Crippen LogP contribution is 2.28. The molecule has 1 aromatic heterocycles. The molecule has 2 aromatic rings. The van der Waals surface area contributed by atoms with Crippen LogP contribution in [0.3, 0.4) is 0 Å². The number of aryl methyl sites for hydroxylation is 2. The molecule has 3 rings (SSSR count). The molecule has 1 heterocycles. The molecule has 1 aliphatic carbocycles. The maximum atomic E-state index is 12.4. The fourth-order valence-corrected chi connectivity index (χ4v) is 3.22. The highest BCUT2D eigenvalue weighted by atomic mass is 16.2. The zero-order valence-corrected chi connectivity index (χ0v) is 13.6. The van der Waals surface area contributed by atoms with Crippen molar-refractivity contribution >= 4 is 6.03 Å². The Kier molecular flexibility index (Phi) is 4.60. The van der Waals surface area contributed by atoms with Gasteiger partial charge in [0.2, 0.25) is 0 Å². The van der Waals surface area contributed by atoms with Gasteiger partial charge in [0.15, 0.2) is 5.82 Å². The molecule has 0 bridgehead atoms. The maximum Gasteiger partial charge on any atom is 0.315 e. The van der Waals surface area contributed by atoms with Crippen molar-refractivity contribution in [2.75, 3.05) is 0 Å². The molecule has 0 unspecified atom stereocenters. The van der Waals surface area contributed by atoms with Crippen molar-refractivity contribution in [1.29, 1.82) is 0 Å². The van der Waals surface area contributed by atoms with Gasteiger partial charge in [0.05, 0.1) is 12.1 Å². The predicted octanol–water partition coefficient (Wildman–Crippen LogP) is 2.64. The first-order chi connectivity index (χ1) is 11.1. The Morgan fingerprint density at radius 3 is 2.96 bits per heavy atom. The van der Waals surface area contributed by atoms with E-state index in [0.29, 0.717) is 0 Å². The van der Waals surface area contributed by atoms with E-state index >= 15 is 0 Å². The molecule has 0 saturated heterocycles. The van der Waals surface area contributed by atoms with Gasteiger partial charge in [-0.2, -0.15) is 0 Å². The van der Waals surface area contributed by atoms with Gasteiger partial charge in [0.25, 0.3) is 0 Å². The molecule has 2 atom stereocenters. The van der Waals surface area contributed by atoms with Crippen LogP contribution in [0.5, 0.6) is 0 Å². The summed E-state index contributed by atoms with van der Waals surface area (Å²) in [5.41, 5.74) is 2.59. The second-order valence-corrected chi connectivity index (χ2v) is 6.14. The van der Waals surface area contributed by atoms with E-state index in [-0.39, 0.29) is 18.1 Å². The third kappa shape index (κ3) is 3.52. The number of nitrogens with zero attached hydrogens (tertiary/aromatic N) is 3. The van der Waals surface area contributed by atoms with E-state index in [1.165, 1.54) is 17.5 Å². The molecule has 1 aromatic carbocycles. The van der Waals surface area contributed by atoms with E-state index < -0.39 is 0 Å². The van der Waals surface area contributed by atoms with Crippen LogP contribution >= 0.6 is 0 Å². The Hall–Kier alpha value is -2.37. The fraction of sp³-hybridized carbons (Fsp3) is 0.471. The molecule has 2 N–H and O–H groups in total. The summed E-state index contributed by atoms with van der Waals surface area (Å²) in [5, 5.41) is 14.0. The van der Waals surface area contributed by atoms with Crippen molar-refractivity contribution in [2.24, 2.45) is 7.05 Å². The number of rotatable bonds is 3. The van der Waals surface area contributed by atoms with Crippen LogP contribution in [0.4, 0.5) is 4.79 Å². The molecule has 1 aliphatic rings. The first-order valence-electron chi connectivity index (χ1n) is 8.14. The Balaban J connectivity index is 1.67. The first kappa shape index (κ1) is 15.5. The van der Waals surface area contributed by atoms with Crippen molar-refractivity contribution in [3.8, 4) is 0 Å². The number of benzene rings is 1. The predicted molar refractivity (Wildman–Crippen MR) is 87.8 cm³/mol. The Labute approximate surface area is 136 Å². The number of urea groups is 1. The minimum Gasteiger partial charge on any atom is -0.331 e. The normalized spacial score (nSPS) is 18.6. The summed E-state index contributed by atoms with van der Waals surface area (Å²) >= 11 is 0. The quantitative estimate of drug-likeness (QED) is 0.856. The van der Waals surface area contributed by atoms with E-state index in [1.807, 2.05) is 24.6 Å². The first-order valence-corrected chi connectivity index (χ1v) is 8.14. The molecular weight excluding hydrogens is 290 g/mol. The Morgan fingerprint density at radius 1 is 1.35 bits per heavy atom. The van der Waals surface area contributed by atoms with E-state index in [2.05, 4.69) is 39.0 Å². The van der Waals surface area contributed by atoms with Gasteiger partial charge in [-0.15, -0.1) is 10.2 Å². The summed E-state index contributed by atoms with van der Waals surface area (Å²) in [6, 6.07) is 8.11. The molecular formula is C17H23N5O. The van der Waals surface area contributed by atoms with Crippen molar-refractivity contribution < 1.29 is 4.79 Å². The molecule has 0 radical (unpaired) electrons. The topological polar surface area (TPSA) is 71.8 Å². The molecule has 23 heavy (non-hydrogen) atoms. The second kappa shape index (κ2) is 6.81. The molecule has 2 amide bonds. The van der Waals surface area contributed by atoms with E-state index in [9.17, 15) is 4.79 Å². The van der Waals surface area contributed by atoms with E-state index in [4.69, 9.17) is 0 Å². The van der Waals surface area contributed by atoms with Crippen LogP contribution in [0.15, 0.2) is 30.6 Å². The third-order valence-corrected chi connectivity index (χ3v) is 4.41.